The van der Waals surface area contributed by atoms with E-state index in [1.54, 1.807) is 24.3 Å². The first kappa shape index (κ1) is 21.0. The molecule has 0 atom stereocenters. The monoisotopic (exact) mass is 415 g/mol. The average Bonchev–Trinajstić information content (AvgIpc) is 3.02. The summed E-state index contributed by atoms with van der Waals surface area (Å²) in [4.78, 5) is 17.2. The molecule has 0 N–H and O–H groups in total. The highest BCUT2D eigenvalue weighted by atomic mass is 32.2. The molecule has 0 bridgehead atoms. The number of aromatic nitrogens is 2. The smallest absolute Gasteiger partial charge is 0.338 e. The van der Waals surface area contributed by atoms with Gasteiger partial charge in [-0.1, -0.05) is 17.7 Å². The minimum absolute atomic E-state index is 0.00440. The van der Waals surface area contributed by atoms with Crippen LogP contribution in [0.15, 0.2) is 41.3 Å². The van der Waals surface area contributed by atoms with Gasteiger partial charge >= 0.3 is 5.97 Å². The van der Waals surface area contributed by atoms with E-state index >= 15 is 0 Å². The molecule has 0 unspecified atom stereocenters. The minimum Gasteiger partial charge on any atom is -0.454 e. The highest BCUT2D eigenvalue weighted by molar-refractivity contribution is 7.89. The Kier molecular flexibility index (Phi) is 5.77. The van der Waals surface area contributed by atoms with Gasteiger partial charge in [0.05, 0.1) is 21.5 Å². The van der Waals surface area contributed by atoms with Gasteiger partial charge in [0.1, 0.15) is 12.4 Å². The highest BCUT2D eigenvalue weighted by Crippen LogP contribution is 2.23. The fourth-order valence-corrected chi connectivity index (χ4v) is 4.17. The first-order valence-corrected chi connectivity index (χ1v) is 10.7. The predicted molar refractivity (Wildman–Crippen MR) is 111 cm³/mol. The van der Waals surface area contributed by atoms with E-state index in [2.05, 4.69) is 4.98 Å². The second-order valence-corrected chi connectivity index (χ2v) is 9.26. The molecule has 0 saturated heterocycles. The maximum Gasteiger partial charge on any atom is 0.338 e. The van der Waals surface area contributed by atoms with Crippen molar-refractivity contribution >= 4 is 27.0 Å². The van der Waals surface area contributed by atoms with Crippen molar-refractivity contribution in [2.75, 3.05) is 14.1 Å². The molecule has 0 radical (unpaired) electrons. The maximum absolute atomic E-state index is 12.5. The molecule has 154 valence electrons. The largest absolute Gasteiger partial charge is 0.454 e. The van der Waals surface area contributed by atoms with Crippen molar-refractivity contribution in [3.63, 3.8) is 0 Å². The summed E-state index contributed by atoms with van der Waals surface area (Å²) >= 11 is 0. The van der Waals surface area contributed by atoms with Gasteiger partial charge in [0, 0.05) is 20.6 Å². The van der Waals surface area contributed by atoms with Crippen LogP contribution in [-0.4, -0.2) is 42.3 Å². The van der Waals surface area contributed by atoms with Crippen LogP contribution in [-0.2, 0) is 27.9 Å². The number of fused-ring (bicyclic) bond motifs is 1. The lowest BCUT2D eigenvalue weighted by Gasteiger charge is -2.11. The number of ether oxygens (including phenoxy) is 1. The van der Waals surface area contributed by atoms with Crippen molar-refractivity contribution in [2.24, 2.45) is 0 Å². The van der Waals surface area contributed by atoms with E-state index in [0.29, 0.717) is 23.4 Å². The molecule has 1 heterocycles. The number of hydrogen-bond acceptors (Lipinski definition) is 5. The third kappa shape index (κ3) is 4.04. The first-order chi connectivity index (χ1) is 13.6. The lowest BCUT2D eigenvalue weighted by atomic mass is 10.1. The van der Waals surface area contributed by atoms with E-state index in [0.717, 1.165) is 20.9 Å². The molecule has 8 heteroatoms. The molecule has 0 aliphatic rings. The highest BCUT2D eigenvalue weighted by Gasteiger charge is 2.20. The summed E-state index contributed by atoms with van der Waals surface area (Å²) in [6, 6.07) is 10.4. The van der Waals surface area contributed by atoms with Crippen LogP contribution >= 0.6 is 0 Å². The quantitative estimate of drug-likeness (QED) is 0.577. The van der Waals surface area contributed by atoms with E-state index in [1.807, 2.05) is 37.5 Å². The summed E-state index contributed by atoms with van der Waals surface area (Å²) in [6.07, 6.45) is 0. The number of sulfonamides is 1. The zero-order valence-electron chi connectivity index (χ0n) is 17.3. The van der Waals surface area contributed by atoms with Crippen LogP contribution in [0.1, 0.15) is 34.2 Å². The van der Waals surface area contributed by atoms with Gasteiger partial charge in [-0.3, -0.25) is 0 Å². The SMILES string of the molecule is CCn1c(COC(=O)c2ccc(C)cc2C)nc2cc(S(=O)(=O)N(C)C)ccc21. The number of rotatable bonds is 6. The van der Waals surface area contributed by atoms with E-state index < -0.39 is 16.0 Å². The average molecular weight is 416 g/mol. The van der Waals surface area contributed by atoms with Crippen LogP contribution in [0, 0.1) is 13.8 Å². The summed E-state index contributed by atoms with van der Waals surface area (Å²) in [7, 11) is -0.574. The molecule has 2 aromatic carbocycles. The normalized spacial score (nSPS) is 11.9. The minimum atomic E-state index is -3.55. The molecular weight excluding hydrogens is 390 g/mol. The van der Waals surface area contributed by atoms with E-state index in [-0.39, 0.29) is 11.5 Å². The van der Waals surface area contributed by atoms with Gasteiger partial charge in [-0.05, 0) is 50.6 Å². The number of carbonyl (C=O) groups is 1. The molecule has 29 heavy (non-hydrogen) atoms. The zero-order chi connectivity index (χ0) is 21.3. The van der Waals surface area contributed by atoms with Crippen LogP contribution in [0.2, 0.25) is 0 Å². The molecular formula is C21H25N3O4S. The van der Waals surface area contributed by atoms with Crippen LogP contribution < -0.4 is 0 Å². The predicted octanol–water partition coefficient (Wildman–Crippen LogP) is 3.28. The number of benzene rings is 2. The summed E-state index contributed by atoms with van der Waals surface area (Å²) in [6.45, 7) is 6.42. The van der Waals surface area contributed by atoms with Gasteiger partial charge in [0.15, 0.2) is 0 Å². The van der Waals surface area contributed by atoms with Gasteiger partial charge in [-0.25, -0.2) is 22.5 Å². The van der Waals surface area contributed by atoms with Crippen molar-refractivity contribution < 1.29 is 17.9 Å². The van der Waals surface area contributed by atoms with E-state index in [1.165, 1.54) is 14.1 Å². The molecule has 0 amide bonds. The number of esters is 1. The summed E-state index contributed by atoms with van der Waals surface area (Å²) < 4.78 is 33.3. The lowest BCUT2D eigenvalue weighted by molar-refractivity contribution is 0.0458. The van der Waals surface area contributed by atoms with Crippen molar-refractivity contribution in [3.05, 3.63) is 58.9 Å². The number of hydrogen-bond donors (Lipinski definition) is 0. The Morgan fingerprint density at radius 1 is 1.14 bits per heavy atom. The number of imidazole rings is 1. The standard InChI is InChI=1S/C21H25N3O4S/c1-6-24-19-10-8-16(29(26,27)23(4)5)12-18(19)22-20(24)13-28-21(25)17-9-7-14(2)11-15(17)3/h7-12H,6,13H2,1-5H3. The number of nitrogens with zero attached hydrogens (tertiary/aromatic N) is 3. The Balaban J connectivity index is 1.90. The molecule has 0 saturated carbocycles. The van der Waals surface area contributed by atoms with Gasteiger partial charge in [0.25, 0.3) is 0 Å². The third-order valence-corrected chi connectivity index (χ3v) is 6.64. The van der Waals surface area contributed by atoms with Crippen molar-refractivity contribution in [1.82, 2.24) is 13.9 Å². The molecule has 0 spiro atoms. The van der Waals surface area contributed by atoms with Gasteiger partial charge in [-0.2, -0.15) is 0 Å². The van der Waals surface area contributed by atoms with Gasteiger partial charge in [0.2, 0.25) is 10.0 Å². The maximum atomic E-state index is 12.5. The van der Waals surface area contributed by atoms with Crippen LogP contribution in [0.25, 0.3) is 11.0 Å². The zero-order valence-corrected chi connectivity index (χ0v) is 18.1. The molecule has 0 aliphatic heterocycles. The van der Waals surface area contributed by atoms with Gasteiger partial charge in [-0.15, -0.1) is 0 Å². The topological polar surface area (TPSA) is 81.5 Å². The Bertz CT molecular complexity index is 1180. The number of aryl methyl sites for hydroxylation is 3. The molecule has 0 aliphatic carbocycles. The van der Waals surface area contributed by atoms with Gasteiger partial charge < -0.3 is 9.30 Å². The molecule has 7 nitrogen and oxygen atoms in total. The number of carbonyl (C=O) groups excluding carboxylic acids is 1. The summed E-state index contributed by atoms with van der Waals surface area (Å²) in [5.74, 6) is 0.160. The van der Waals surface area contributed by atoms with Crippen LogP contribution in [0.3, 0.4) is 0 Å². The second-order valence-electron chi connectivity index (χ2n) is 7.10. The Labute approximate surface area is 171 Å². The van der Waals surface area contributed by atoms with Crippen molar-refractivity contribution in [1.29, 1.82) is 0 Å². The molecule has 0 fully saturated rings. The Hall–Kier alpha value is -2.71. The van der Waals surface area contributed by atoms with E-state index in [9.17, 15) is 13.2 Å². The fourth-order valence-electron chi connectivity index (χ4n) is 3.24. The van der Waals surface area contributed by atoms with E-state index in [4.69, 9.17) is 4.74 Å². The Morgan fingerprint density at radius 3 is 2.48 bits per heavy atom. The first-order valence-electron chi connectivity index (χ1n) is 9.31. The summed E-state index contributed by atoms with van der Waals surface area (Å²) in [5, 5.41) is 0. The van der Waals surface area contributed by atoms with Crippen molar-refractivity contribution in [3.8, 4) is 0 Å². The van der Waals surface area contributed by atoms with Crippen LogP contribution in [0.4, 0.5) is 0 Å². The lowest BCUT2D eigenvalue weighted by Crippen LogP contribution is -2.22. The molecule has 1 aromatic heterocycles. The Morgan fingerprint density at radius 2 is 1.86 bits per heavy atom. The summed E-state index contributed by atoms with van der Waals surface area (Å²) in [5.41, 5.74) is 3.80. The molecule has 3 aromatic rings. The molecule has 3 rings (SSSR count). The van der Waals surface area contributed by atoms with Crippen molar-refractivity contribution in [2.45, 2.75) is 38.8 Å². The second kappa shape index (κ2) is 7.96. The third-order valence-electron chi connectivity index (χ3n) is 4.83. The fraction of sp³-hybridized carbons (Fsp3) is 0.333. The van der Waals surface area contributed by atoms with Crippen LogP contribution in [0.5, 0.6) is 0 Å².